The van der Waals surface area contributed by atoms with Gasteiger partial charge in [0.15, 0.2) is 0 Å². The molecule has 0 radical (unpaired) electrons. The zero-order chi connectivity index (χ0) is 15.5. The van der Waals surface area contributed by atoms with Crippen LogP contribution in [0.5, 0.6) is 0 Å². The van der Waals surface area contributed by atoms with Gasteiger partial charge >= 0.3 is 6.18 Å². The Kier molecular flexibility index (Phi) is 5.95. The van der Waals surface area contributed by atoms with Gasteiger partial charge in [0.25, 0.3) is 0 Å². The van der Waals surface area contributed by atoms with Crippen LogP contribution < -0.4 is 5.32 Å². The van der Waals surface area contributed by atoms with E-state index in [1.54, 1.807) is 0 Å². The summed E-state index contributed by atoms with van der Waals surface area (Å²) in [5.74, 6) is 1.30. The molecular formula is C16H29F3N2. The zero-order valence-electron chi connectivity index (χ0n) is 13.3. The van der Waals surface area contributed by atoms with E-state index >= 15 is 0 Å². The lowest BCUT2D eigenvalue weighted by molar-refractivity contribution is -0.127. The van der Waals surface area contributed by atoms with E-state index in [9.17, 15) is 13.2 Å². The molecule has 2 fully saturated rings. The fraction of sp³-hybridized carbons (Fsp3) is 1.00. The van der Waals surface area contributed by atoms with Crippen molar-refractivity contribution < 1.29 is 13.2 Å². The molecule has 1 aliphatic carbocycles. The van der Waals surface area contributed by atoms with Gasteiger partial charge in [0, 0.05) is 25.2 Å². The molecule has 0 amide bonds. The van der Waals surface area contributed by atoms with Crippen molar-refractivity contribution in [2.75, 3.05) is 19.6 Å². The molecule has 2 nitrogen and oxygen atoms in total. The van der Waals surface area contributed by atoms with E-state index in [0.717, 1.165) is 38.3 Å². The van der Waals surface area contributed by atoms with Crippen molar-refractivity contribution in [3.63, 3.8) is 0 Å². The Labute approximate surface area is 126 Å². The summed E-state index contributed by atoms with van der Waals surface area (Å²) in [5.41, 5.74) is 0. The average Bonchev–Trinajstić information content (AvgIpc) is 2.33. The molecule has 1 aliphatic heterocycles. The summed E-state index contributed by atoms with van der Waals surface area (Å²) >= 11 is 0. The topological polar surface area (TPSA) is 15.3 Å². The number of halogens is 3. The van der Waals surface area contributed by atoms with Gasteiger partial charge in [-0.1, -0.05) is 19.8 Å². The van der Waals surface area contributed by atoms with Gasteiger partial charge in [-0.2, -0.15) is 13.2 Å². The predicted molar refractivity (Wildman–Crippen MR) is 79.2 cm³/mol. The normalized spacial score (nSPS) is 30.1. The van der Waals surface area contributed by atoms with Crippen LogP contribution in [0.3, 0.4) is 0 Å². The first-order chi connectivity index (χ1) is 9.89. The molecule has 3 atom stereocenters. The maximum absolute atomic E-state index is 12.4. The molecule has 3 unspecified atom stereocenters. The minimum atomic E-state index is -4.11. The molecule has 0 aromatic rings. The molecule has 0 bridgehead atoms. The lowest BCUT2D eigenvalue weighted by Crippen LogP contribution is -2.55. The summed E-state index contributed by atoms with van der Waals surface area (Å²) in [4.78, 5) is 2.45. The fourth-order valence-electron chi connectivity index (χ4n) is 3.82. The Morgan fingerprint density at radius 1 is 1.24 bits per heavy atom. The Balaban J connectivity index is 1.90. The van der Waals surface area contributed by atoms with Crippen molar-refractivity contribution in [2.45, 2.75) is 70.6 Å². The van der Waals surface area contributed by atoms with Gasteiger partial charge in [0.05, 0.1) is 6.54 Å². The van der Waals surface area contributed by atoms with Gasteiger partial charge in [0.2, 0.25) is 0 Å². The summed E-state index contributed by atoms with van der Waals surface area (Å²) in [6, 6.07) is 0.507. The second-order valence-electron chi connectivity index (χ2n) is 6.97. The van der Waals surface area contributed by atoms with Crippen molar-refractivity contribution >= 4 is 0 Å². The Morgan fingerprint density at radius 3 is 2.48 bits per heavy atom. The second kappa shape index (κ2) is 7.32. The number of alkyl halides is 3. The number of hydrogen-bond acceptors (Lipinski definition) is 2. The van der Waals surface area contributed by atoms with Crippen LogP contribution in [0.2, 0.25) is 0 Å². The molecule has 1 heterocycles. The van der Waals surface area contributed by atoms with Gasteiger partial charge in [0.1, 0.15) is 0 Å². The van der Waals surface area contributed by atoms with Gasteiger partial charge < -0.3 is 5.32 Å². The van der Waals surface area contributed by atoms with Crippen molar-refractivity contribution in [3.8, 4) is 0 Å². The van der Waals surface area contributed by atoms with E-state index in [2.05, 4.69) is 24.1 Å². The van der Waals surface area contributed by atoms with E-state index in [1.807, 2.05) is 0 Å². The lowest BCUT2D eigenvalue weighted by Gasteiger charge is -2.46. The van der Waals surface area contributed by atoms with Crippen LogP contribution in [0.4, 0.5) is 13.2 Å². The third-order valence-electron chi connectivity index (χ3n) is 5.26. The highest BCUT2D eigenvalue weighted by molar-refractivity contribution is 4.90. The van der Waals surface area contributed by atoms with Gasteiger partial charge in [-0.05, 0) is 44.4 Å². The van der Waals surface area contributed by atoms with Crippen molar-refractivity contribution in [3.05, 3.63) is 0 Å². The highest BCUT2D eigenvalue weighted by atomic mass is 19.4. The van der Waals surface area contributed by atoms with Crippen LogP contribution >= 0.6 is 0 Å². The summed E-state index contributed by atoms with van der Waals surface area (Å²) in [7, 11) is 0. The van der Waals surface area contributed by atoms with Crippen LogP contribution in [0.25, 0.3) is 0 Å². The van der Waals surface area contributed by atoms with E-state index < -0.39 is 12.7 Å². The van der Waals surface area contributed by atoms with Crippen LogP contribution in [-0.2, 0) is 0 Å². The van der Waals surface area contributed by atoms with Crippen molar-refractivity contribution in [1.82, 2.24) is 10.2 Å². The van der Waals surface area contributed by atoms with Crippen molar-refractivity contribution in [1.29, 1.82) is 0 Å². The number of likely N-dealkylation sites (tertiary alicyclic amines) is 1. The molecule has 2 aliphatic rings. The summed E-state index contributed by atoms with van der Waals surface area (Å²) in [6.07, 6.45) is 2.91. The molecule has 0 spiro atoms. The highest BCUT2D eigenvalue weighted by Crippen LogP contribution is 2.34. The monoisotopic (exact) mass is 306 g/mol. The van der Waals surface area contributed by atoms with Crippen LogP contribution in [0, 0.1) is 11.8 Å². The Hall–Kier alpha value is -0.290. The molecule has 1 saturated carbocycles. The molecule has 2 rings (SSSR count). The molecule has 1 saturated heterocycles. The standard InChI is InChI=1S/C16H29F3N2/c1-3-5-13-8-15(20-11-16(17,18)19)10-21(9-13)12(2)14-6-4-7-14/h12-15,20H,3-11H2,1-2H3. The summed E-state index contributed by atoms with van der Waals surface area (Å²) in [5, 5.41) is 2.74. The minimum Gasteiger partial charge on any atom is -0.305 e. The Bertz CT molecular complexity index is 315. The van der Waals surface area contributed by atoms with Crippen LogP contribution in [0.1, 0.15) is 52.4 Å². The van der Waals surface area contributed by atoms with E-state index in [0.29, 0.717) is 12.0 Å². The fourth-order valence-corrected chi connectivity index (χ4v) is 3.82. The highest BCUT2D eigenvalue weighted by Gasteiger charge is 2.36. The summed E-state index contributed by atoms with van der Waals surface area (Å²) in [6.45, 7) is 5.40. The quantitative estimate of drug-likeness (QED) is 0.802. The number of hydrogen-bond donors (Lipinski definition) is 1. The lowest BCUT2D eigenvalue weighted by atomic mass is 9.78. The first-order valence-electron chi connectivity index (χ1n) is 8.43. The average molecular weight is 306 g/mol. The zero-order valence-corrected chi connectivity index (χ0v) is 13.3. The van der Waals surface area contributed by atoms with E-state index in [1.165, 1.54) is 19.3 Å². The third kappa shape index (κ3) is 5.13. The maximum Gasteiger partial charge on any atom is 0.401 e. The molecule has 1 N–H and O–H groups in total. The van der Waals surface area contributed by atoms with E-state index in [-0.39, 0.29) is 6.04 Å². The Morgan fingerprint density at radius 2 is 1.95 bits per heavy atom. The smallest absolute Gasteiger partial charge is 0.305 e. The number of piperidine rings is 1. The van der Waals surface area contributed by atoms with Gasteiger partial charge in [-0.15, -0.1) is 0 Å². The minimum absolute atomic E-state index is 0.0144. The van der Waals surface area contributed by atoms with Crippen LogP contribution in [0.15, 0.2) is 0 Å². The second-order valence-corrected chi connectivity index (χ2v) is 6.97. The number of rotatable bonds is 6. The molecule has 21 heavy (non-hydrogen) atoms. The molecule has 0 aromatic heterocycles. The molecular weight excluding hydrogens is 277 g/mol. The van der Waals surface area contributed by atoms with Gasteiger partial charge in [-0.25, -0.2) is 0 Å². The number of nitrogens with zero attached hydrogens (tertiary/aromatic N) is 1. The first kappa shape index (κ1) is 17.1. The first-order valence-corrected chi connectivity index (χ1v) is 8.43. The van der Waals surface area contributed by atoms with Crippen molar-refractivity contribution in [2.24, 2.45) is 11.8 Å². The predicted octanol–water partition coefficient (Wildman–Crippen LogP) is 3.82. The molecule has 0 aromatic carbocycles. The third-order valence-corrected chi connectivity index (χ3v) is 5.26. The van der Waals surface area contributed by atoms with Crippen LogP contribution in [-0.4, -0.2) is 42.8 Å². The molecule has 124 valence electrons. The SMILES string of the molecule is CCCC1CC(NCC(F)(F)F)CN(C(C)C2CCC2)C1. The number of nitrogens with one attached hydrogen (secondary N) is 1. The maximum atomic E-state index is 12.4. The summed E-state index contributed by atoms with van der Waals surface area (Å²) < 4.78 is 37.3. The van der Waals surface area contributed by atoms with Gasteiger partial charge in [-0.3, -0.25) is 4.90 Å². The molecule has 5 heteroatoms. The largest absolute Gasteiger partial charge is 0.401 e. The van der Waals surface area contributed by atoms with E-state index in [4.69, 9.17) is 0 Å².